The minimum absolute atomic E-state index is 0.0516. The molecule has 0 saturated carbocycles. The number of hydrogen-bond acceptors (Lipinski definition) is 5. The van der Waals surface area contributed by atoms with Gasteiger partial charge in [0.2, 0.25) is 0 Å². The van der Waals surface area contributed by atoms with Gasteiger partial charge < -0.3 is 14.8 Å². The largest absolute Gasteiger partial charge is 0.489 e. The van der Waals surface area contributed by atoms with Crippen molar-refractivity contribution < 1.29 is 22.7 Å². The third kappa shape index (κ3) is 3.55. The normalized spacial score (nSPS) is 25.7. The van der Waals surface area contributed by atoms with Gasteiger partial charge in [0.1, 0.15) is 0 Å². The summed E-state index contributed by atoms with van der Waals surface area (Å²) in [6, 6.07) is 3.09. The quantitative estimate of drug-likeness (QED) is 0.870. The van der Waals surface area contributed by atoms with Gasteiger partial charge in [-0.05, 0) is 25.5 Å². The van der Waals surface area contributed by atoms with Crippen molar-refractivity contribution in [1.29, 1.82) is 0 Å². The van der Waals surface area contributed by atoms with Crippen LogP contribution in [0.1, 0.15) is 30.1 Å². The van der Waals surface area contributed by atoms with Gasteiger partial charge in [0, 0.05) is 12.0 Å². The average Bonchev–Trinajstić information content (AvgIpc) is 2.65. The van der Waals surface area contributed by atoms with E-state index in [0.717, 1.165) is 6.42 Å². The van der Waals surface area contributed by atoms with E-state index in [1.807, 2.05) is 0 Å². The molecular formula is C15H18ClNO5S. The van der Waals surface area contributed by atoms with Gasteiger partial charge in [0.25, 0.3) is 5.91 Å². The molecule has 3 rings (SSSR count). The van der Waals surface area contributed by atoms with Crippen LogP contribution in [-0.4, -0.2) is 44.6 Å². The molecule has 0 unspecified atom stereocenters. The predicted molar refractivity (Wildman–Crippen MR) is 86.2 cm³/mol. The lowest BCUT2D eigenvalue weighted by Crippen LogP contribution is -2.46. The number of amides is 1. The molecule has 1 atom stereocenters. The predicted octanol–water partition coefficient (Wildman–Crippen LogP) is 1.81. The van der Waals surface area contributed by atoms with Gasteiger partial charge in [-0.3, -0.25) is 4.79 Å². The van der Waals surface area contributed by atoms with E-state index in [0.29, 0.717) is 41.7 Å². The summed E-state index contributed by atoms with van der Waals surface area (Å²) in [5, 5.41) is 3.11. The van der Waals surface area contributed by atoms with Crippen molar-refractivity contribution >= 4 is 27.3 Å². The van der Waals surface area contributed by atoms with Gasteiger partial charge in [-0.15, -0.1) is 0 Å². The molecule has 1 fully saturated rings. The Morgan fingerprint density at radius 1 is 1.30 bits per heavy atom. The van der Waals surface area contributed by atoms with E-state index in [1.54, 1.807) is 13.0 Å². The lowest BCUT2D eigenvalue weighted by Gasteiger charge is -2.24. The number of benzene rings is 1. The average molecular weight is 360 g/mol. The fourth-order valence-electron chi connectivity index (χ4n) is 2.82. The highest BCUT2D eigenvalue weighted by Gasteiger charge is 2.39. The van der Waals surface area contributed by atoms with Gasteiger partial charge in [-0.25, -0.2) is 8.42 Å². The van der Waals surface area contributed by atoms with E-state index in [2.05, 4.69) is 5.32 Å². The van der Waals surface area contributed by atoms with Crippen molar-refractivity contribution in [3.63, 3.8) is 0 Å². The maximum Gasteiger partial charge on any atom is 0.251 e. The van der Waals surface area contributed by atoms with E-state index < -0.39 is 15.4 Å². The minimum atomic E-state index is -3.09. The van der Waals surface area contributed by atoms with E-state index in [4.69, 9.17) is 21.1 Å². The first-order chi connectivity index (χ1) is 10.8. The number of sulfone groups is 1. The van der Waals surface area contributed by atoms with Crippen molar-refractivity contribution in [3.8, 4) is 11.5 Å². The number of ether oxygens (including phenoxy) is 2. The Morgan fingerprint density at radius 2 is 2.04 bits per heavy atom. The van der Waals surface area contributed by atoms with Gasteiger partial charge in [-0.2, -0.15) is 0 Å². The van der Waals surface area contributed by atoms with Gasteiger partial charge in [0.15, 0.2) is 21.3 Å². The molecule has 1 amide bonds. The summed E-state index contributed by atoms with van der Waals surface area (Å²) in [6.45, 7) is 2.73. The van der Waals surface area contributed by atoms with Crippen LogP contribution in [0, 0.1) is 0 Å². The molecule has 0 bridgehead atoms. The molecule has 2 heterocycles. The maximum absolute atomic E-state index is 12.5. The Bertz CT molecular complexity index is 748. The fraction of sp³-hybridized carbons (Fsp3) is 0.533. The number of halogens is 1. The SMILES string of the molecule is C[C@]1(NC(=O)c2cc(Cl)c3c(c2)OCCCO3)CCS(=O)(=O)C1. The first-order valence-corrected chi connectivity index (χ1v) is 9.60. The van der Waals surface area contributed by atoms with Crippen LogP contribution in [0.15, 0.2) is 12.1 Å². The lowest BCUT2D eigenvalue weighted by molar-refractivity contribution is 0.0915. The summed E-state index contributed by atoms with van der Waals surface area (Å²) in [7, 11) is -3.09. The third-order valence-electron chi connectivity index (χ3n) is 3.98. The molecule has 0 radical (unpaired) electrons. The molecule has 2 aliphatic rings. The zero-order chi connectivity index (χ0) is 16.7. The highest BCUT2D eigenvalue weighted by molar-refractivity contribution is 7.91. The van der Waals surface area contributed by atoms with Gasteiger partial charge in [-0.1, -0.05) is 11.6 Å². The van der Waals surface area contributed by atoms with Crippen LogP contribution in [-0.2, 0) is 9.84 Å². The number of fused-ring (bicyclic) bond motifs is 1. The van der Waals surface area contributed by atoms with Crippen LogP contribution < -0.4 is 14.8 Å². The smallest absolute Gasteiger partial charge is 0.251 e. The highest BCUT2D eigenvalue weighted by Crippen LogP contribution is 2.38. The second-order valence-electron chi connectivity index (χ2n) is 6.19. The first-order valence-electron chi connectivity index (χ1n) is 7.40. The summed E-state index contributed by atoms with van der Waals surface area (Å²) in [5.41, 5.74) is -0.434. The molecule has 1 saturated heterocycles. The van der Waals surface area contributed by atoms with Gasteiger partial charge >= 0.3 is 0 Å². The van der Waals surface area contributed by atoms with Crippen molar-refractivity contribution in [3.05, 3.63) is 22.7 Å². The topological polar surface area (TPSA) is 81.7 Å². The monoisotopic (exact) mass is 359 g/mol. The highest BCUT2D eigenvalue weighted by atomic mass is 35.5. The first kappa shape index (κ1) is 16.4. The molecule has 8 heteroatoms. The van der Waals surface area contributed by atoms with E-state index >= 15 is 0 Å². The van der Waals surface area contributed by atoms with Gasteiger partial charge in [0.05, 0.1) is 35.3 Å². The lowest BCUT2D eigenvalue weighted by atomic mass is 10.0. The molecule has 0 aliphatic carbocycles. The van der Waals surface area contributed by atoms with E-state index in [1.165, 1.54) is 6.07 Å². The Balaban J connectivity index is 1.83. The van der Waals surface area contributed by atoms with Crippen molar-refractivity contribution in [1.82, 2.24) is 5.32 Å². The number of rotatable bonds is 2. The minimum Gasteiger partial charge on any atom is -0.489 e. The molecule has 1 aromatic carbocycles. The van der Waals surface area contributed by atoms with Crippen LogP contribution in [0.3, 0.4) is 0 Å². The summed E-state index contributed by atoms with van der Waals surface area (Å²) >= 11 is 6.18. The van der Waals surface area contributed by atoms with Crippen LogP contribution >= 0.6 is 11.6 Å². The summed E-state index contributed by atoms with van der Waals surface area (Å²) < 4.78 is 34.4. The standard InChI is InChI=1S/C15H18ClNO5S/c1-15(3-6-23(19,20)9-15)17-14(18)10-7-11(16)13-12(8-10)21-4-2-5-22-13/h7-8H,2-6,9H2,1H3,(H,17,18)/t15-/m0/s1. The van der Waals surface area contributed by atoms with Crippen LogP contribution in [0.5, 0.6) is 11.5 Å². The number of carbonyl (C=O) groups is 1. The third-order valence-corrected chi connectivity index (χ3v) is 6.17. The molecule has 126 valence electrons. The molecule has 1 N–H and O–H groups in total. The molecular weight excluding hydrogens is 342 g/mol. The molecule has 2 aliphatic heterocycles. The summed E-state index contributed by atoms with van der Waals surface area (Å²) in [5.74, 6) is 0.539. The second-order valence-corrected chi connectivity index (χ2v) is 8.78. The second kappa shape index (κ2) is 5.87. The van der Waals surface area contributed by atoms with Crippen LogP contribution in [0.4, 0.5) is 0 Å². The fourth-order valence-corrected chi connectivity index (χ4v) is 5.18. The molecule has 6 nitrogen and oxygen atoms in total. The Hall–Kier alpha value is -1.47. The zero-order valence-corrected chi connectivity index (χ0v) is 14.3. The maximum atomic E-state index is 12.5. The van der Waals surface area contributed by atoms with Crippen LogP contribution in [0.25, 0.3) is 0 Å². The molecule has 0 spiro atoms. The molecule has 23 heavy (non-hydrogen) atoms. The van der Waals surface area contributed by atoms with Crippen molar-refractivity contribution in [2.45, 2.75) is 25.3 Å². The molecule has 1 aromatic rings. The number of hydrogen-bond donors (Lipinski definition) is 1. The van der Waals surface area contributed by atoms with Crippen molar-refractivity contribution in [2.24, 2.45) is 0 Å². The van der Waals surface area contributed by atoms with Crippen LogP contribution in [0.2, 0.25) is 5.02 Å². The van der Waals surface area contributed by atoms with E-state index in [9.17, 15) is 13.2 Å². The Morgan fingerprint density at radius 3 is 2.74 bits per heavy atom. The Kier molecular flexibility index (Phi) is 4.18. The summed E-state index contributed by atoms with van der Waals surface area (Å²) in [6.07, 6.45) is 1.14. The Labute approximate surface area is 140 Å². The number of carbonyl (C=O) groups excluding carboxylic acids is 1. The molecule has 0 aromatic heterocycles. The zero-order valence-electron chi connectivity index (χ0n) is 12.7. The van der Waals surface area contributed by atoms with E-state index in [-0.39, 0.29) is 17.4 Å². The number of nitrogens with one attached hydrogen (secondary N) is 1. The summed E-state index contributed by atoms with van der Waals surface area (Å²) in [4.78, 5) is 12.5. The van der Waals surface area contributed by atoms with Crippen molar-refractivity contribution in [2.75, 3.05) is 24.7 Å².